The van der Waals surface area contributed by atoms with Crippen molar-refractivity contribution in [3.63, 3.8) is 0 Å². The first-order chi connectivity index (χ1) is 12.0. The van der Waals surface area contributed by atoms with Crippen molar-refractivity contribution in [2.45, 2.75) is 18.9 Å². The van der Waals surface area contributed by atoms with Gasteiger partial charge in [0.25, 0.3) is 0 Å². The summed E-state index contributed by atoms with van der Waals surface area (Å²) in [6.07, 6.45) is 2.73. The van der Waals surface area contributed by atoms with E-state index in [-0.39, 0.29) is 10.8 Å². The molecule has 0 unspecified atom stereocenters. The average Bonchev–Trinajstić information content (AvgIpc) is 3.14. The highest BCUT2D eigenvalue weighted by Crippen LogP contribution is 2.24. The van der Waals surface area contributed by atoms with Gasteiger partial charge in [0.1, 0.15) is 11.8 Å². The van der Waals surface area contributed by atoms with E-state index < -0.39 is 0 Å². The Balaban J connectivity index is 0.000000189. The number of benzene rings is 2. The highest BCUT2D eigenvalue weighted by Gasteiger charge is 2.11. The number of phenols is 1. The van der Waals surface area contributed by atoms with Gasteiger partial charge in [0.05, 0.1) is 16.7 Å². The van der Waals surface area contributed by atoms with Crippen LogP contribution in [-0.2, 0) is 4.74 Å². The molecule has 1 aliphatic heterocycles. The summed E-state index contributed by atoms with van der Waals surface area (Å²) in [5.74, 6) is 0.0610. The molecule has 0 aromatic heterocycles. The van der Waals surface area contributed by atoms with E-state index >= 15 is 0 Å². The first kappa shape index (κ1) is 20.6. The highest BCUT2D eigenvalue weighted by molar-refractivity contribution is 6.32. The summed E-state index contributed by atoms with van der Waals surface area (Å²) in [6.45, 7) is 1.61. The quantitative estimate of drug-likeness (QED) is 0.455. The van der Waals surface area contributed by atoms with Gasteiger partial charge in [0.2, 0.25) is 0 Å². The summed E-state index contributed by atoms with van der Waals surface area (Å²) >= 11 is 5.48. The number of anilines is 2. The number of nitriles is 1. The minimum atomic E-state index is 0.0610. The standard InChI is InChI=1S/C7H6N2.C6H6ClNO.C5H11NO/c8-5-6-3-1-2-4-7(6)9;7-5-3-4(8)1-2-6(5)9;6-4-5-2-1-3-7-5/h1-4H,9H2;1-3,9H,8H2;5H,1-4,6H2/t;;5-/m..0/s1. The second kappa shape index (κ2) is 11.2. The SMILES string of the molecule is N#Cc1ccccc1N.NC[C@@H]1CCCO1.Nc1ccc(O)c(Cl)c1. The van der Waals surface area contributed by atoms with E-state index in [1.54, 1.807) is 30.3 Å². The third kappa shape index (κ3) is 7.77. The second-order valence-corrected chi connectivity index (χ2v) is 5.69. The van der Waals surface area contributed by atoms with E-state index in [2.05, 4.69) is 0 Å². The van der Waals surface area contributed by atoms with Crippen LogP contribution in [0.3, 0.4) is 0 Å². The second-order valence-electron chi connectivity index (χ2n) is 5.28. The van der Waals surface area contributed by atoms with Crippen LogP contribution >= 0.6 is 11.6 Å². The average molecular weight is 363 g/mol. The highest BCUT2D eigenvalue weighted by atomic mass is 35.5. The van der Waals surface area contributed by atoms with Crippen LogP contribution in [-0.4, -0.2) is 24.4 Å². The molecular weight excluding hydrogens is 340 g/mol. The van der Waals surface area contributed by atoms with Crippen molar-refractivity contribution in [3.05, 3.63) is 53.1 Å². The predicted octanol–water partition coefficient (Wildman–Crippen LogP) is 2.89. The molecule has 3 rings (SSSR count). The minimum Gasteiger partial charge on any atom is -0.506 e. The molecule has 1 saturated heterocycles. The van der Waals surface area contributed by atoms with Crippen molar-refractivity contribution >= 4 is 23.0 Å². The maximum Gasteiger partial charge on any atom is 0.134 e. The first-order valence-electron chi connectivity index (χ1n) is 7.78. The molecule has 0 saturated carbocycles. The van der Waals surface area contributed by atoms with Crippen molar-refractivity contribution in [1.82, 2.24) is 0 Å². The molecule has 25 heavy (non-hydrogen) atoms. The number of rotatable bonds is 1. The molecule has 7 N–H and O–H groups in total. The molecule has 2 aromatic rings. The Kier molecular flexibility index (Phi) is 9.19. The zero-order chi connectivity index (χ0) is 18.7. The summed E-state index contributed by atoms with van der Waals surface area (Å²) in [4.78, 5) is 0. The number of nitrogens with zero attached hydrogens (tertiary/aromatic N) is 1. The summed E-state index contributed by atoms with van der Waals surface area (Å²) < 4.78 is 5.18. The molecule has 1 atom stereocenters. The van der Waals surface area contributed by atoms with E-state index in [1.807, 2.05) is 6.07 Å². The van der Waals surface area contributed by atoms with E-state index in [0.29, 0.717) is 29.6 Å². The number of nitrogens with two attached hydrogens (primary N) is 3. The normalized spacial score (nSPS) is 15.2. The van der Waals surface area contributed by atoms with Crippen LogP contribution in [0, 0.1) is 11.3 Å². The minimum absolute atomic E-state index is 0.0610. The van der Waals surface area contributed by atoms with Gasteiger partial charge in [-0.1, -0.05) is 23.7 Å². The fourth-order valence-corrected chi connectivity index (χ4v) is 2.14. The van der Waals surface area contributed by atoms with Gasteiger partial charge in [-0.05, 0) is 43.2 Å². The molecular formula is C18H23ClN4O2. The van der Waals surface area contributed by atoms with Gasteiger partial charge in [-0.3, -0.25) is 0 Å². The lowest BCUT2D eigenvalue weighted by Crippen LogP contribution is -2.17. The largest absolute Gasteiger partial charge is 0.506 e. The Morgan fingerprint density at radius 2 is 1.96 bits per heavy atom. The lowest BCUT2D eigenvalue weighted by Gasteiger charge is -2.01. The number of halogens is 1. The van der Waals surface area contributed by atoms with E-state index in [0.717, 1.165) is 13.0 Å². The molecule has 0 amide bonds. The molecule has 1 fully saturated rings. The van der Waals surface area contributed by atoms with E-state index in [1.165, 1.54) is 18.6 Å². The van der Waals surface area contributed by atoms with Crippen LogP contribution in [0.4, 0.5) is 11.4 Å². The molecule has 134 valence electrons. The molecule has 0 bridgehead atoms. The molecule has 2 aromatic carbocycles. The van der Waals surface area contributed by atoms with Gasteiger partial charge in [0, 0.05) is 24.5 Å². The Morgan fingerprint density at radius 1 is 1.24 bits per heavy atom. The number of para-hydroxylation sites is 1. The van der Waals surface area contributed by atoms with E-state index in [4.69, 9.17) is 43.9 Å². The van der Waals surface area contributed by atoms with Gasteiger partial charge in [-0.2, -0.15) is 5.26 Å². The topological polar surface area (TPSA) is 131 Å². The number of ether oxygens (including phenoxy) is 1. The fourth-order valence-electron chi connectivity index (χ4n) is 1.95. The number of hydrogen-bond acceptors (Lipinski definition) is 6. The van der Waals surface area contributed by atoms with Crippen LogP contribution in [0.15, 0.2) is 42.5 Å². The number of phenolic OH excluding ortho intramolecular Hbond substituents is 1. The number of aromatic hydroxyl groups is 1. The van der Waals surface area contributed by atoms with E-state index in [9.17, 15) is 0 Å². The van der Waals surface area contributed by atoms with Crippen LogP contribution < -0.4 is 17.2 Å². The number of nitrogen functional groups attached to an aromatic ring is 2. The Hall–Kier alpha value is -2.46. The Labute approximate surface area is 152 Å². The zero-order valence-corrected chi connectivity index (χ0v) is 14.6. The zero-order valence-electron chi connectivity index (χ0n) is 13.9. The predicted molar refractivity (Wildman–Crippen MR) is 101 cm³/mol. The van der Waals surface area contributed by atoms with Gasteiger partial charge in [0.15, 0.2) is 0 Å². The van der Waals surface area contributed by atoms with Crippen LogP contribution in [0.2, 0.25) is 5.02 Å². The molecule has 1 heterocycles. The molecule has 0 spiro atoms. The van der Waals surface area contributed by atoms with Crippen LogP contribution in [0.5, 0.6) is 5.75 Å². The van der Waals surface area contributed by atoms with Gasteiger partial charge >= 0.3 is 0 Å². The summed E-state index contributed by atoms with van der Waals surface area (Å²) in [5, 5.41) is 17.5. The summed E-state index contributed by atoms with van der Waals surface area (Å²) in [5.41, 5.74) is 17.7. The maximum absolute atomic E-state index is 8.86. The van der Waals surface area contributed by atoms with Crippen molar-refractivity contribution in [3.8, 4) is 11.8 Å². The van der Waals surface area contributed by atoms with Crippen molar-refractivity contribution < 1.29 is 9.84 Å². The Morgan fingerprint density at radius 3 is 2.36 bits per heavy atom. The fraction of sp³-hybridized carbons (Fsp3) is 0.278. The lowest BCUT2D eigenvalue weighted by molar-refractivity contribution is 0.117. The van der Waals surface area contributed by atoms with Crippen molar-refractivity contribution in [2.24, 2.45) is 5.73 Å². The van der Waals surface area contributed by atoms with Crippen LogP contribution in [0.25, 0.3) is 0 Å². The van der Waals surface area contributed by atoms with Gasteiger partial charge < -0.3 is 27.0 Å². The molecule has 0 aliphatic carbocycles. The van der Waals surface area contributed by atoms with Gasteiger partial charge in [-0.25, -0.2) is 0 Å². The molecule has 6 nitrogen and oxygen atoms in total. The lowest BCUT2D eigenvalue weighted by atomic mass is 10.2. The molecule has 1 aliphatic rings. The van der Waals surface area contributed by atoms with Crippen molar-refractivity contribution in [2.75, 3.05) is 24.6 Å². The summed E-state index contributed by atoms with van der Waals surface area (Å²) in [6, 6.07) is 13.5. The van der Waals surface area contributed by atoms with Crippen molar-refractivity contribution in [1.29, 1.82) is 5.26 Å². The first-order valence-corrected chi connectivity index (χ1v) is 8.16. The Bertz CT molecular complexity index is 698. The third-order valence-electron chi connectivity index (χ3n) is 3.34. The third-order valence-corrected chi connectivity index (χ3v) is 3.64. The monoisotopic (exact) mass is 362 g/mol. The molecule has 0 radical (unpaired) electrons. The maximum atomic E-state index is 8.86. The van der Waals surface area contributed by atoms with Crippen LogP contribution in [0.1, 0.15) is 18.4 Å². The summed E-state index contributed by atoms with van der Waals surface area (Å²) in [7, 11) is 0. The number of hydrogen-bond donors (Lipinski definition) is 4. The molecule has 7 heteroatoms. The van der Waals surface area contributed by atoms with Gasteiger partial charge in [-0.15, -0.1) is 0 Å². The smallest absolute Gasteiger partial charge is 0.134 e.